The number of likely N-dealkylation sites (N-methyl/N-ethyl adjacent to an activating group) is 1. The van der Waals surface area contributed by atoms with Crippen molar-refractivity contribution in [2.75, 3.05) is 26.4 Å². The van der Waals surface area contributed by atoms with E-state index in [0.717, 1.165) is 24.8 Å². The third kappa shape index (κ3) is 6.06. The summed E-state index contributed by atoms with van der Waals surface area (Å²) in [7, 11) is 0. The standard InChI is InChI=1S/C18H29NO2/c1-2-19-18(16-9-5-3-6-10-16)15-20-13-14-21-17-11-7-4-8-12-17/h4,7-8,11-12,16,18-19H,2-3,5-6,9-10,13-15H2,1H3. The van der Waals surface area contributed by atoms with E-state index < -0.39 is 0 Å². The van der Waals surface area contributed by atoms with Crippen LogP contribution in [-0.4, -0.2) is 32.4 Å². The van der Waals surface area contributed by atoms with Crippen LogP contribution in [0.15, 0.2) is 30.3 Å². The van der Waals surface area contributed by atoms with Gasteiger partial charge in [0.1, 0.15) is 12.4 Å². The summed E-state index contributed by atoms with van der Waals surface area (Å²) in [6.07, 6.45) is 6.86. The van der Waals surface area contributed by atoms with Crippen LogP contribution in [0.1, 0.15) is 39.0 Å². The van der Waals surface area contributed by atoms with Crippen LogP contribution in [0.3, 0.4) is 0 Å². The Hall–Kier alpha value is -1.06. The van der Waals surface area contributed by atoms with Gasteiger partial charge in [-0.25, -0.2) is 0 Å². The van der Waals surface area contributed by atoms with Crippen molar-refractivity contribution in [2.24, 2.45) is 5.92 Å². The average molecular weight is 291 g/mol. The average Bonchev–Trinajstić information content (AvgIpc) is 2.55. The normalized spacial score (nSPS) is 17.6. The molecule has 1 N–H and O–H groups in total. The number of ether oxygens (including phenoxy) is 2. The minimum Gasteiger partial charge on any atom is -0.491 e. The molecule has 1 saturated carbocycles. The smallest absolute Gasteiger partial charge is 0.119 e. The summed E-state index contributed by atoms with van der Waals surface area (Å²) in [4.78, 5) is 0. The molecule has 1 aromatic rings. The Morgan fingerprint density at radius 3 is 2.57 bits per heavy atom. The summed E-state index contributed by atoms with van der Waals surface area (Å²) in [5, 5.41) is 3.60. The maximum Gasteiger partial charge on any atom is 0.119 e. The molecule has 21 heavy (non-hydrogen) atoms. The van der Waals surface area contributed by atoms with Crippen molar-refractivity contribution < 1.29 is 9.47 Å². The van der Waals surface area contributed by atoms with Crippen LogP contribution < -0.4 is 10.1 Å². The summed E-state index contributed by atoms with van der Waals surface area (Å²) in [6, 6.07) is 10.4. The molecule has 0 heterocycles. The number of hydrogen-bond donors (Lipinski definition) is 1. The zero-order valence-electron chi connectivity index (χ0n) is 13.2. The van der Waals surface area contributed by atoms with Gasteiger partial charge in [0.15, 0.2) is 0 Å². The van der Waals surface area contributed by atoms with Gasteiger partial charge < -0.3 is 14.8 Å². The monoisotopic (exact) mass is 291 g/mol. The molecule has 2 rings (SSSR count). The maximum absolute atomic E-state index is 5.84. The molecule has 0 aromatic heterocycles. The first-order valence-corrected chi connectivity index (χ1v) is 8.39. The zero-order chi connectivity index (χ0) is 14.8. The summed E-state index contributed by atoms with van der Waals surface area (Å²) in [6.45, 7) is 5.27. The molecule has 0 bridgehead atoms. The largest absolute Gasteiger partial charge is 0.491 e. The van der Waals surface area contributed by atoms with Crippen molar-refractivity contribution in [3.05, 3.63) is 30.3 Å². The zero-order valence-corrected chi connectivity index (χ0v) is 13.2. The fourth-order valence-corrected chi connectivity index (χ4v) is 3.11. The highest BCUT2D eigenvalue weighted by molar-refractivity contribution is 5.20. The van der Waals surface area contributed by atoms with Crippen molar-refractivity contribution in [3.8, 4) is 5.75 Å². The maximum atomic E-state index is 5.84. The van der Waals surface area contributed by atoms with Gasteiger partial charge in [0, 0.05) is 6.04 Å². The highest BCUT2D eigenvalue weighted by Gasteiger charge is 2.22. The van der Waals surface area contributed by atoms with Crippen LogP contribution in [0.5, 0.6) is 5.75 Å². The van der Waals surface area contributed by atoms with Crippen molar-refractivity contribution in [3.63, 3.8) is 0 Å². The molecule has 1 aliphatic rings. The first-order valence-electron chi connectivity index (χ1n) is 8.39. The minimum absolute atomic E-state index is 0.507. The van der Waals surface area contributed by atoms with Crippen LogP contribution >= 0.6 is 0 Å². The topological polar surface area (TPSA) is 30.5 Å². The molecule has 3 nitrogen and oxygen atoms in total. The SMILES string of the molecule is CCNC(COCCOc1ccccc1)C1CCCCC1. The number of rotatable bonds is 9. The van der Waals surface area contributed by atoms with Gasteiger partial charge in [-0.3, -0.25) is 0 Å². The van der Waals surface area contributed by atoms with Gasteiger partial charge >= 0.3 is 0 Å². The van der Waals surface area contributed by atoms with E-state index in [-0.39, 0.29) is 0 Å². The molecular weight excluding hydrogens is 262 g/mol. The Labute approximate surface area is 129 Å². The second kappa shape index (κ2) is 9.80. The van der Waals surface area contributed by atoms with Crippen molar-refractivity contribution in [1.29, 1.82) is 0 Å². The summed E-state index contributed by atoms with van der Waals surface area (Å²) in [5.41, 5.74) is 0. The lowest BCUT2D eigenvalue weighted by molar-refractivity contribution is 0.0644. The molecule has 1 aromatic carbocycles. The van der Waals surface area contributed by atoms with E-state index >= 15 is 0 Å². The number of benzene rings is 1. The fraction of sp³-hybridized carbons (Fsp3) is 0.667. The lowest BCUT2D eigenvalue weighted by Gasteiger charge is -2.30. The Morgan fingerprint density at radius 1 is 1.10 bits per heavy atom. The Balaban J connectivity index is 1.62. The Kier molecular flexibility index (Phi) is 7.61. The molecule has 0 radical (unpaired) electrons. The highest BCUT2D eigenvalue weighted by atomic mass is 16.5. The van der Waals surface area contributed by atoms with E-state index in [0.29, 0.717) is 19.3 Å². The molecule has 1 fully saturated rings. The molecular formula is C18H29NO2. The van der Waals surface area contributed by atoms with Crippen LogP contribution in [0.2, 0.25) is 0 Å². The lowest BCUT2D eigenvalue weighted by Crippen LogP contribution is -2.41. The van der Waals surface area contributed by atoms with E-state index in [2.05, 4.69) is 12.2 Å². The Morgan fingerprint density at radius 2 is 1.86 bits per heavy atom. The van der Waals surface area contributed by atoms with Gasteiger partial charge in [-0.1, -0.05) is 44.4 Å². The Bertz CT molecular complexity index is 363. The van der Waals surface area contributed by atoms with E-state index in [1.54, 1.807) is 0 Å². The van der Waals surface area contributed by atoms with Crippen LogP contribution in [0, 0.1) is 5.92 Å². The summed E-state index contributed by atoms with van der Waals surface area (Å²) >= 11 is 0. The summed E-state index contributed by atoms with van der Waals surface area (Å²) in [5.74, 6) is 1.70. The van der Waals surface area contributed by atoms with Gasteiger partial charge in [0.2, 0.25) is 0 Å². The van der Waals surface area contributed by atoms with E-state index in [4.69, 9.17) is 9.47 Å². The summed E-state index contributed by atoms with van der Waals surface area (Å²) < 4.78 is 11.5. The highest BCUT2D eigenvalue weighted by Crippen LogP contribution is 2.26. The molecule has 1 unspecified atom stereocenters. The lowest BCUT2D eigenvalue weighted by atomic mass is 9.84. The predicted octanol–water partition coefficient (Wildman–Crippen LogP) is 3.64. The van der Waals surface area contributed by atoms with Crippen molar-refractivity contribution in [2.45, 2.75) is 45.1 Å². The molecule has 0 aliphatic heterocycles. The van der Waals surface area contributed by atoms with Gasteiger partial charge in [0.25, 0.3) is 0 Å². The van der Waals surface area contributed by atoms with Gasteiger partial charge in [0.05, 0.1) is 13.2 Å². The minimum atomic E-state index is 0.507. The number of nitrogens with one attached hydrogen (secondary N) is 1. The molecule has 1 atom stereocenters. The molecule has 0 spiro atoms. The van der Waals surface area contributed by atoms with E-state index in [9.17, 15) is 0 Å². The third-order valence-electron chi connectivity index (χ3n) is 4.22. The van der Waals surface area contributed by atoms with Gasteiger partial charge in [-0.15, -0.1) is 0 Å². The van der Waals surface area contributed by atoms with E-state index in [1.165, 1.54) is 32.1 Å². The van der Waals surface area contributed by atoms with Crippen molar-refractivity contribution >= 4 is 0 Å². The molecule has 1 aliphatic carbocycles. The van der Waals surface area contributed by atoms with Gasteiger partial charge in [-0.05, 0) is 37.4 Å². The predicted molar refractivity (Wildman–Crippen MR) is 86.8 cm³/mol. The quantitative estimate of drug-likeness (QED) is 0.705. The molecule has 0 amide bonds. The second-order valence-electron chi connectivity index (χ2n) is 5.80. The molecule has 118 valence electrons. The van der Waals surface area contributed by atoms with Crippen molar-refractivity contribution in [1.82, 2.24) is 5.32 Å². The molecule has 0 saturated heterocycles. The van der Waals surface area contributed by atoms with Gasteiger partial charge in [-0.2, -0.15) is 0 Å². The van der Waals surface area contributed by atoms with Crippen LogP contribution in [-0.2, 0) is 4.74 Å². The van der Waals surface area contributed by atoms with E-state index in [1.807, 2.05) is 30.3 Å². The number of para-hydroxylation sites is 1. The second-order valence-corrected chi connectivity index (χ2v) is 5.80. The van der Waals surface area contributed by atoms with Crippen LogP contribution in [0.4, 0.5) is 0 Å². The first-order chi connectivity index (χ1) is 10.4. The van der Waals surface area contributed by atoms with Crippen LogP contribution in [0.25, 0.3) is 0 Å². The third-order valence-corrected chi connectivity index (χ3v) is 4.22. The first kappa shape index (κ1) is 16.3. The number of hydrogen-bond acceptors (Lipinski definition) is 3. The molecule has 3 heteroatoms. The fourth-order valence-electron chi connectivity index (χ4n) is 3.11.